The maximum absolute atomic E-state index is 5.54. The van der Waals surface area contributed by atoms with Crippen molar-refractivity contribution in [1.82, 2.24) is 0 Å². The fourth-order valence-corrected chi connectivity index (χ4v) is 1.71. The van der Waals surface area contributed by atoms with Crippen molar-refractivity contribution in [3.63, 3.8) is 0 Å². The summed E-state index contributed by atoms with van der Waals surface area (Å²) >= 11 is 0. The Morgan fingerprint density at radius 2 is 1.86 bits per heavy atom. The SMILES string of the molecule is CCCCC/C=C/[C@H]1O[C@@H]1CCCC. The molecule has 1 fully saturated rings. The minimum absolute atomic E-state index is 0.461. The van der Waals surface area contributed by atoms with Crippen LogP contribution in [0.25, 0.3) is 0 Å². The topological polar surface area (TPSA) is 12.5 Å². The molecule has 1 aliphatic rings. The van der Waals surface area contributed by atoms with E-state index in [9.17, 15) is 0 Å². The molecule has 0 unspecified atom stereocenters. The molecule has 0 aliphatic carbocycles. The predicted octanol–water partition coefficient (Wildman–Crippen LogP) is 4.08. The van der Waals surface area contributed by atoms with Crippen LogP contribution in [0.1, 0.15) is 58.8 Å². The van der Waals surface area contributed by atoms with Gasteiger partial charge in [-0.1, -0.05) is 51.7 Å². The molecular weight excluding hydrogens is 172 g/mol. The molecule has 1 rings (SSSR count). The quantitative estimate of drug-likeness (QED) is 0.324. The minimum atomic E-state index is 0.461. The Labute approximate surface area is 88.5 Å². The van der Waals surface area contributed by atoms with Crippen molar-refractivity contribution < 1.29 is 4.74 Å². The van der Waals surface area contributed by atoms with Gasteiger partial charge in [-0.05, 0) is 19.3 Å². The second-order valence-corrected chi connectivity index (χ2v) is 4.21. The molecule has 1 saturated heterocycles. The van der Waals surface area contributed by atoms with Gasteiger partial charge in [0, 0.05) is 0 Å². The smallest absolute Gasteiger partial charge is 0.102 e. The van der Waals surface area contributed by atoms with Gasteiger partial charge in [0.2, 0.25) is 0 Å². The Hall–Kier alpha value is -0.300. The van der Waals surface area contributed by atoms with Crippen LogP contribution in [-0.2, 0) is 4.74 Å². The summed E-state index contributed by atoms with van der Waals surface area (Å²) in [4.78, 5) is 0. The van der Waals surface area contributed by atoms with E-state index in [0.717, 1.165) is 0 Å². The van der Waals surface area contributed by atoms with Crippen molar-refractivity contribution in [2.24, 2.45) is 0 Å². The molecule has 1 heteroatoms. The zero-order chi connectivity index (χ0) is 10.2. The lowest BCUT2D eigenvalue weighted by atomic mass is 10.1. The number of hydrogen-bond acceptors (Lipinski definition) is 1. The Bertz CT molecular complexity index is 163. The van der Waals surface area contributed by atoms with E-state index < -0.39 is 0 Å². The zero-order valence-electron chi connectivity index (χ0n) is 9.67. The van der Waals surface area contributed by atoms with Crippen molar-refractivity contribution in [3.8, 4) is 0 Å². The van der Waals surface area contributed by atoms with Gasteiger partial charge in [0.05, 0.1) is 6.10 Å². The molecule has 0 spiro atoms. The fourth-order valence-electron chi connectivity index (χ4n) is 1.71. The number of ether oxygens (including phenoxy) is 1. The van der Waals surface area contributed by atoms with Gasteiger partial charge in [0.1, 0.15) is 6.10 Å². The van der Waals surface area contributed by atoms with Gasteiger partial charge in [-0.3, -0.25) is 0 Å². The highest BCUT2D eigenvalue weighted by atomic mass is 16.6. The summed E-state index contributed by atoms with van der Waals surface area (Å²) in [5.41, 5.74) is 0. The van der Waals surface area contributed by atoms with E-state index in [2.05, 4.69) is 26.0 Å². The summed E-state index contributed by atoms with van der Waals surface area (Å²) in [6.07, 6.45) is 14.6. The molecule has 82 valence electrons. The first-order valence-electron chi connectivity index (χ1n) is 6.20. The van der Waals surface area contributed by atoms with Gasteiger partial charge in [-0.15, -0.1) is 0 Å². The van der Waals surface area contributed by atoms with Crippen molar-refractivity contribution in [1.29, 1.82) is 0 Å². The minimum Gasteiger partial charge on any atom is -0.365 e. The van der Waals surface area contributed by atoms with Crippen molar-refractivity contribution in [2.45, 2.75) is 71.0 Å². The van der Waals surface area contributed by atoms with Crippen LogP contribution in [0.2, 0.25) is 0 Å². The maximum Gasteiger partial charge on any atom is 0.102 e. The van der Waals surface area contributed by atoms with E-state index >= 15 is 0 Å². The summed E-state index contributed by atoms with van der Waals surface area (Å²) in [7, 11) is 0. The fraction of sp³-hybridized carbons (Fsp3) is 0.846. The normalized spacial score (nSPS) is 25.9. The van der Waals surface area contributed by atoms with Gasteiger partial charge < -0.3 is 4.74 Å². The van der Waals surface area contributed by atoms with Gasteiger partial charge >= 0.3 is 0 Å². The summed E-state index contributed by atoms with van der Waals surface area (Å²) in [6, 6.07) is 0. The lowest BCUT2D eigenvalue weighted by Crippen LogP contribution is -1.89. The van der Waals surface area contributed by atoms with Crippen molar-refractivity contribution in [3.05, 3.63) is 12.2 Å². The molecule has 0 aromatic carbocycles. The third-order valence-corrected chi connectivity index (χ3v) is 2.76. The van der Waals surface area contributed by atoms with E-state index in [1.807, 2.05) is 0 Å². The first-order valence-corrected chi connectivity index (χ1v) is 6.20. The molecule has 1 aliphatic heterocycles. The van der Waals surface area contributed by atoms with Crippen LogP contribution >= 0.6 is 0 Å². The summed E-state index contributed by atoms with van der Waals surface area (Å²) in [5, 5.41) is 0. The maximum atomic E-state index is 5.54. The van der Waals surface area contributed by atoms with E-state index in [4.69, 9.17) is 4.74 Å². The van der Waals surface area contributed by atoms with Crippen LogP contribution in [0.15, 0.2) is 12.2 Å². The number of allylic oxidation sites excluding steroid dienone is 1. The Kier molecular flexibility index (Phi) is 5.93. The number of rotatable bonds is 8. The molecule has 1 nitrogen and oxygen atoms in total. The molecule has 0 aromatic heterocycles. The number of unbranched alkanes of at least 4 members (excludes halogenated alkanes) is 4. The highest BCUT2D eigenvalue weighted by Crippen LogP contribution is 2.28. The van der Waals surface area contributed by atoms with Gasteiger partial charge in [0.15, 0.2) is 0 Å². The standard InChI is InChI=1S/C13H24O/c1-3-5-7-8-9-11-13-12(14-13)10-6-4-2/h9,11-13H,3-8,10H2,1-2H3/b11-9+/t12-,13-/m1/s1. The second kappa shape index (κ2) is 7.05. The van der Waals surface area contributed by atoms with Gasteiger partial charge in [-0.2, -0.15) is 0 Å². The molecule has 14 heavy (non-hydrogen) atoms. The largest absolute Gasteiger partial charge is 0.365 e. The average Bonchev–Trinajstić information content (AvgIpc) is 2.93. The lowest BCUT2D eigenvalue weighted by molar-refractivity contribution is 0.375. The molecule has 0 aromatic rings. The molecule has 0 bridgehead atoms. The average molecular weight is 196 g/mol. The van der Waals surface area contributed by atoms with E-state index in [0.29, 0.717) is 12.2 Å². The Morgan fingerprint density at radius 3 is 2.57 bits per heavy atom. The van der Waals surface area contributed by atoms with Crippen LogP contribution < -0.4 is 0 Å². The highest BCUT2D eigenvalue weighted by molar-refractivity contribution is 5.02. The van der Waals surface area contributed by atoms with Crippen LogP contribution in [0.3, 0.4) is 0 Å². The lowest BCUT2D eigenvalue weighted by Gasteiger charge is -1.91. The molecular formula is C13H24O. The number of epoxide rings is 1. The second-order valence-electron chi connectivity index (χ2n) is 4.21. The van der Waals surface area contributed by atoms with Crippen LogP contribution in [0, 0.1) is 0 Å². The monoisotopic (exact) mass is 196 g/mol. The highest BCUT2D eigenvalue weighted by Gasteiger charge is 2.34. The Morgan fingerprint density at radius 1 is 1.07 bits per heavy atom. The summed E-state index contributed by atoms with van der Waals surface area (Å²) in [6.45, 7) is 4.48. The van der Waals surface area contributed by atoms with E-state index in [1.54, 1.807) is 0 Å². The molecule has 1 heterocycles. The summed E-state index contributed by atoms with van der Waals surface area (Å²) in [5.74, 6) is 0. The summed E-state index contributed by atoms with van der Waals surface area (Å²) < 4.78 is 5.54. The van der Waals surface area contributed by atoms with Gasteiger partial charge in [-0.25, -0.2) is 0 Å². The van der Waals surface area contributed by atoms with Gasteiger partial charge in [0.25, 0.3) is 0 Å². The van der Waals surface area contributed by atoms with Crippen LogP contribution in [0.4, 0.5) is 0 Å². The molecule has 0 saturated carbocycles. The van der Waals surface area contributed by atoms with Crippen molar-refractivity contribution >= 4 is 0 Å². The Balaban J connectivity index is 1.93. The first kappa shape index (κ1) is 11.8. The molecule has 0 amide bonds. The zero-order valence-corrected chi connectivity index (χ0v) is 9.67. The first-order chi connectivity index (χ1) is 6.88. The molecule has 0 radical (unpaired) electrons. The van der Waals surface area contributed by atoms with E-state index in [1.165, 1.54) is 44.9 Å². The van der Waals surface area contributed by atoms with E-state index in [-0.39, 0.29) is 0 Å². The third-order valence-electron chi connectivity index (χ3n) is 2.76. The van der Waals surface area contributed by atoms with Crippen LogP contribution in [0.5, 0.6) is 0 Å². The molecule has 0 N–H and O–H groups in total. The van der Waals surface area contributed by atoms with Crippen LogP contribution in [-0.4, -0.2) is 12.2 Å². The molecule has 2 atom stereocenters. The number of hydrogen-bond donors (Lipinski definition) is 0. The van der Waals surface area contributed by atoms with Crippen molar-refractivity contribution in [2.75, 3.05) is 0 Å². The third kappa shape index (κ3) is 4.80. The predicted molar refractivity (Wildman–Crippen MR) is 61.5 cm³/mol.